The van der Waals surface area contributed by atoms with Crippen molar-refractivity contribution in [1.29, 1.82) is 0 Å². The Hall–Kier alpha value is -2.39. The van der Waals surface area contributed by atoms with Crippen molar-refractivity contribution in [3.63, 3.8) is 0 Å². The molecular formula is C18H18F3NO4S. The molecule has 2 rings (SSSR count). The molecule has 0 aliphatic carbocycles. The van der Waals surface area contributed by atoms with E-state index in [0.717, 1.165) is 24.0 Å². The number of benzene rings is 2. The van der Waals surface area contributed by atoms with Crippen LogP contribution in [0.3, 0.4) is 0 Å². The summed E-state index contributed by atoms with van der Waals surface area (Å²) in [6, 6.07) is 10.8. The van der Waals surface area contributed by atoms with E-state index in [9.17, 15) is 26.4 Å². The normalized spacial score (nSPS) is 12.0. The number of nitrogens with one attached hydrogen (secondary N) is 1. The van der Waals surface area contributed by atoms with Crippen molar-refractivity contribution in [1.82, 2.24) is 4.72 Å². The van der Waals surface area contributed by atoms with Crippen molar-refractivity contribution in [3.05, 3.63) is 70.8 Å². The van der Waals surface area contributed by atoms with Gasteiger partial charge in [-0.05, 0) is 41.8 Å². The molecule has 1 N–H and O–H groups in total. The molecule has 0 spiro atoms. The van der Waals surface area contributed by atoms with Crippen molar-refractivity contribution in [3.8, 4) is 0 Å². The van der Waals surface area contributed by atoms with Crippen LogP contribution in [0.4, 0.5) is 13.2 Å². The summed E-state index contributed by atoms with van der Waals surface area (Å²) in [5, 5.41) is 0. The summed E-state index contributed by atoms with van der Waals surface area (Å²) in [4.78, 5) is 12.0. The molecule has 9 heteroatoms. The number of carbonyl (C=O) groups excluding carboxylic acids is 1. The molecular weight excluding hydrogens is 383 g/mol. The van der Waals surface area contributed by atoms with Gasteiger partial charge in [0.2, 0.25) is 10.0 Å². The van der Waals surface area contributed by atoms with Crippen molar-refractivity contribution >= 4 is 16.0 Å². The topological polar surface area (TPSA) is 72.5 Å². The van der Waals surface area contributed by atoms with E-state index in [0.29, 0.717) is 17.5 Å². The summed E-state index contributed by atoms with van der Waals surface area (Å²) in [7, 11) is -3.25. The summed E-state index contributed by atoms with van der Waals surface area (Å²) in [6.07, 6.45) is -2.87. The van der Waals surface area contributed by atoms with Crippen molar-refractivity contribution < 1.29 is 31.1 Å². The molecule has 0 heterocycles. The lowest BCUT2D eigenvalue weighted by atomic mass is 10.1. The molecule has 0 unspecified atom stereocenters. The maximum absolute atomic E-state index is 12.5. The summed E-state index contributed by atoms with van der Waals surface area (Å²) in [5.74, 6) is -0.601. The van der Waals surface area contributed by atoms with Crippen molar-refractivity contribution in [2.45, 2.75) is 19.2 Å². The zero-order valence-corrected chi connectivity index (χ0v) is 15.2. The molecule has 0 aliphatic heterocycles. The Morgan fingerprint density at radius 1 is 1.00 bits per heavy atom. The van der Waals surface area contributed by atoms with Gasteiger partial charge in [0.15, 0.2) is 0 Å². The van der Waals surface area contributed by atoms with E-state index < -0.39 is 27.7 Å². The zero-order valence-electron chi connectivity index (χ0n) is 14.4. The number of halogens is 3. The number of carbonyl (C=O) groups is 1. The van der Waals surface area contributed by atoms with Crippen LogP contribution in [-0.4, -0.2) is 27.2 Å². The third-order valence-corrected chi connectivity index (χ3v) is 4.35. The number of ether oxygens (including phenoxy) is 1. The van der Waals surface area contributed by atoms with E-state index in [4.69, 9.17) is 4.74 Å². The highest BCUT2D eigenvalue weighted by atomic mass is 32.2. The Morgan fingerprint density at radius 2 is 1.56 bits per heavy atom. The van der Waals surface area contributed by atoms with Gasteiger partial charge in [0.25, 0.3) is 0 Å². The molecule has 0 bridgehead atoms. The predicted octanol–water partition coefficient (Wildman–Crippen LogP) is 3.15. The van der Waals surface area contributed by atoms with E-state index >= 15 is 0 Å². The molecule has 0 amide bonds. The second-order valence-corrected chi connectivity index (χ2v) is 7.72. The minimum absolute atomic E-state index is 0.142. The van der Waals surface area contributed by atoms with Crippen LogP contribution in [0.1, 0.15) is 27.0 Å². The number of esters is 1. The average molecular weight is 401 g/mol. The lowest BCUT2D eigenvalue weighted by molar-refractivity contribution is -0.137. The third-order valence-electron chi connectivity index (χ3n) is 3.62. The van der Waals surface area contributed by atoms with Crippen LogP contribution in [0.25, 0.3) is 0 Å². The number of hydrogen-bond acceptors (Lipinski definition) is 4. The maximum Gasteiger partial charge on any atom is 0.416 e. The number of rotatable bonds is 7. The van der Waals surface area contributed by atoms with E-state index in [1.165, 1.54) is 12.1 Å². The van der Waals surface area contributed by atoms with Crippen LogP contribution in [0.5, 0.6) is 0 Å². The first-order valence-corrected chi connectivity index (χ1v) is 9.80. The van der Waals surface area contributed by atoms with Gasteiger partial charge in [0.05, 0.1) is 17.4 Å². The lowest BCUT2D eigenvalue weighted by Gasteiger charge is -2.09. The largest absolute Gasteiger partial charge is 0.457 e. The molecule has 0 atom stereocenters. The minimum atomic E-state index is -4.41. The molecule has 0 radical (unpaired) electrons. The molecule has 2 aromatic carbocycles. The summed E-state index contributed by atoms with van der Waals surface area (Å²) in [6.45, 7) is 0.105. The summed E-state index contributed by atoms with van der Waals surface area (Å²) < 4.78 is 67.0. The quantitative estimate of drug-likeness (QED) is 0.724. The van der Waals surface area contributed by atoms with E-state index in [-0.39, 0.29) is 13.2 Å². The highest BCUT2D eigenvalue weighted by Gasteiger charge is 2.29. The molecule has 0 aromatic heterocycles. The average Bonchev–Trinajstić information content (AvgIpc) is 2.59. The molecule has 2 aromatic rings. The molecule has 27 heavy (non-hydrogen) atoms. The minimum Gasteiger partial charge on any atom is -0.457 e. The molecule has 0 saturated heterocycles. The van der Waals surface area contributed by atoms with Gasteiger partial charge >= 0.3 is 12.1 Å². The third kappa shape index (κ3) is 7.03. The fourth-order valence-corrected chi connectivity index (χ4v) is 2.68. The van der Waals surface area contributed by atoms with Gasteiger partial charge in [-0.25, -0.2) is 17.9 Å². The smallest absolute Gasteiger partial charge is 0.416 e. The highest BCUT2D eigenvalue weighted by molar-refractivity contribution is 7.88. The second-order valence-electron chi connectivity index (χ2n) is 5.88. The van der Waals surface area contributed by atoms with Crippen LogP contribution < -0.4 is 4.72 Å². The Kier molecular flexibility index (Phi) is 6.61. The Labute approximate surface area is 155 Å². The van der Waals surface area contributed by atoms with Crippen LogP contribution in [0, 0.1) is 0 Å². The second kappa shape index (κ2) is 8.53. The van der Waals surface area contributed by atoms with E-state index in [1.54, 1.807) is 24.3 Å². The highest BCUT2D eigenvalue weighted by Crippen LogP contribution is 2.29. The van der Waals surface area contributed by atoms with Gasteiger partial charge in [-0.3, -0.25) is 0 Å². The fraction of sp³-hybridized carbons (Fsp3) is 0.278. The number of hydrogen-bond donors (Lipinski definition) is 1. The predicted molar refractivity (Wildman–Crippen MR) is 93.6 cm³/mol. The summed E-state index contributed by atoms with van der Waals surface area (Å²) >= 11 is 0. The molecule has 146 valence electrons. The van der Waals surface area contributed by atoms with E-state index in [2.05, 4.69) is 4.72 Å². The Morgan fingerprint density at radius 3 is 2.07 bits per heavy atom. The number of sulfonamides is 1. The molecule has 0 aliphatic rings. The molecule has 0 fully saturated rings. The van der Waals surface area contributed by atoms with Crippen LogP contribution in [0.15, 0.2) is 48.5 Å². The van der Waals surface area contributed by atoms with Crippen LogP contribution >= 0.6 is 0 Å². The van der Waals surface area contributed by atoms with Gasteiger partial charge in [-0.15, -0.1) is 0 Å². The fourth-order valence-electron chi connectivity index (χ4n) is 2.21. The van der Waals surface area contributed by atoms with E-state index in [1.807, 2.05) is 0 Å². The maximum atomic E-state index is 12.5. The van der Waals surface area contributed by atoms with Gasteiger partial charge in [-0.2, -0.15) is 13.2 Å². The monoisotopic (exact) mass is 401 g/mol. The first-order chi connectivity index (χ1) is 12.5. The first kappa shape index (κ1) is 20.9. The van der Waals surface area contributed by atoms with Gasteiger partial charge in [0, 0.05) is 6.54 Å². The van der Waals surface area contributed by atoms with Crippen LogP contribution in [-0.2, 0) is 34.0 Å². The SMILES string of the molecule is CS(=O)(=O)NCCc1ccc(C(=O)OCc2ccc(C(F)(F)F)cc2)cc1. The van der Waals surface area contributed by atoms with Crippen molar-refractivity contribution in [2.75, 3.05) is 12.8 Å². The van der Waals surface area contributed by atoms with Gasteiger partial charge in [-0.1, -0.05) is 24.3 Å². The first-order valence-electron chi connectivity index (χ1n) is 7.91. The molecule has 0 saturated carbocycles. The van der Waals surface area contributed by atoms with Gasteiger partial charge in [0.1, 0.15) is 6.61 Å². The Bertz CT molecular complexity index is 876. The Balaban J connectivity index is 1.87. The number of alkyl halides is 3. The van der Waals surface area contributed by atoms with Crippen LogP contribution in [0.2, 0.25) is 0 Å². The standard InChI is InChI=1S/C18H18F3NO4S/c1-27(24,25)22-11-10-13-2-6-15(7-3-13)17(23)26-12-14-4-8-16(9-5-14)18(19,20)21/h2-9,22H,10-12H2,1H3. The lowest BCUT2D eigenvalue weighted by Crippen LogP contribution is -2.24. The van der Waals surface area contributed by atoms with Gasteiger partial charge < -0.3 is 4.74 Å². The van der Waals surface area contributed by atoms with Crippen molar-refractivity contribution in [2.24, 2.45) is 0 Å². The zero-order chi connectivity index (χ0) is 20.1. The molecule has 5 nitrogen and oxygen atoms in total. The summed E-state index contributed by atoms with van der Waals surface area (Å²) in [5.41, 5.74) is 0.811.